The summed E-state index contributed by atoms with van der Waals surface area (Å²) in [5.74, 6) is 0.978. The van der Waals surface area contributed by atoms with Crippen LogP contribution >= 0.6 is 15.9 Å². The van der Waals surface area contributed by atoms with E-state index in [1.165, 1.54) is 18.4 Å². The largest absolute Gasteiger partial charge is 0.350 e. The van der Waals surface area contributed by atoms with Crippen molar-refractivity contribution in [3.8, 4) is 0 Å². The van der Waals surface area contributed by atoms with Crippen LogP contribution in [0.25, 0.3) is 0 Å². The topological polar surface area (TPSA) is 29.1 Å². The fourth-order valence-corrected chi connectivity index (χ4v) is 3.57. The van der Waals surface area contributed by atoms with Crippen molar-refractivity contribution in [1.29, 1.82) is 0 Å². The Morgan fingerprint density at radius 1 is 1.30 bits per heavy atom. The van der Waals surface area contributed by atoms with Gasteiger partial charge in [0, 0.05) is 17.3 Å². The molecule has 110 valence electrons. The smallest absolute Gasteiger partial charge is 0.220 e. The summed E-state index contributed by atoms with van der Waals surface area (Å²) >= 11 is 3.60. The van der Waals surface area contributed by atoms with Gasteiger partial charge in [-0.2, -0.15) is 0 Å². The van der Waals surface area contributed by atoms with E-state index >= 15 is 0 Å². The number of rotatable bonds is 5. The van der Waals surface area contributed by atoms with Gasteiger partial charge in [-0.15, -0.1) is 0 Å². The molecule has 0 heterocycles. The van der Waals surface area contributed by atoms with Crippen molar-refractivity contribution in [2.75, 3.05) is 5.33 Å². The van der Waals surface area contributed by atoms with Gasteiger partial charge in [0.2, 0.25) is 5.91 Å². The number of hydrogen-bond acceptors (Lipinski definition) is 1. The SMILES string of the molecule is CC1CCC(CBr)(NC(=O)CCc2ccccc2)CC1. The summed E-state index contributed by atoms with van der Waals surface area (Å²) < 4.78 is 0. The summed E-state index contributed by atoms with van der Waals surface area (Å²) in [5, 5.41) is 4.15. The lowest BCUT2D eigenvalue weighted by Gasteiger charge is -2.39. The van der Waals surface area contributed by atoms with Crippen LogP contribution in [0, 0.1) is 5.92 Å². The molecule has 2 nitrogen and oxygen atoms in total. The Hall–Kier alpha value is -0.830. The predicted molar refractivity (Wildman–Crippen MR) is 87.1 cm³/mol. The highest BCUT2D eigenvalue weighted by Gasteiger charge is 2.34. The van der Waals surface area contributed by atoms with Crippen molar-refractivity contribution in [3.05, 3.63) is 35.9 Å². The van der Waals surface area contributed by atoms with Crippen LogP contribution in [0.3, 0.4) is 0 Å². The van der Waals surface area contributed by atoms with Crippen LogP contribution in [0.4, 0.5) is 0 Å². The molecule has 3 heteroatoms. The molecular weight excluding hydrogens is 314 g/mol. The first-order valence-corrected chi connectivity index (χ1v) is 8.67. The number of hydrogen-bond donors (Lipinski definition) is 1. The van der Waals surface area contributed by atoms with Crippen LogP contribution in [-0.2, 0) is 11.2 Å². The number of nitrogens with one attached hydrogen (secondary N) is 1. The number of benzene rings is 1. The zero-order valence-corrected chi connectivity index (χ0v) is 13.8. The minimum atomic E-state index is -0.0136. The van der Waals surface area contributed by atoms with Crippen LogP contribution in [0.5, 0.6) is 0 Å². The van der Waals surface area contributed by atoms with E-state index in [9.17, 15) is 4.79 Å². The lowest BCUT2D eigenvalue weighted by molar-refractivity contribution is -0.123. The van der Waals surface area contributed by atoms with Gasteiger partial charge in [-0.1, -0.05) is 53.2 Å². The molecular formula is C17H24BrNO. The van der Waals surface area contributed by atoms with Crippen molar-refractivity contribution in [2.24, 2.45) is 5.92 Å². The summed E-state index contributed by atoms with van der Waals surface area (Å²) in [6, 6.07) is 10.2. The molecule has 1 aliphatic rings. The van der Waals surface area contributed by atoms with E-state index in [1.807, 2.05) is 18.2 Å². The molecule has 0 saturated heterocycles. The van der Waals surface area contributed by atoms with E-state index in [4.69, 9.17) is 0 Å². The van der Waals surface area contributed by atoms with Crippen LogP contribution in [0.1, 0.15) is 44.6 Å². The van der Waals surface area contributed by atoms with E-state index in [1.54, 1.807) is 0 Å². The molecule has 0 aromatic heterocycles. The second kappa shape index (κ2) is 7.26. The molecule has 1 amide bonds. The zero-order chi connectivity index (χ0) is 14.4. The van der Waals surface area contributed by atoms with Gasteiger partial charge >= 0.3 is 0 Å². The Bertz CT molecular complexity index is 424. The van der Waals surface area contributed by atoms with E-state index in [0.717, 1.165) is 30.5 Å². The van der Waals surface area contributed by atoms with Gasteiger partial charge in [0.1, 0.15) is 0 Å². The van der Waals surface area contributed by atoms with Gasteiger partial charge in [-0.3, -0.25) is 4.79 Å². The molecule has 0 atom stereocenters. The van der Waals surface area contributed by atoms with Gasteiger partial charge in [0.15, 0.2) is 0 Å². The van der Waals surface area contributed by atoms with Gasteiger partial charge < -0.3 is 5.32 Å². The maximum Gasteiger partial charge on any atom is 0.220 e. The second-order valence-electron chi connectivity index (χ2n) is 6.13. The van der Waals surface area contributed by atoms with Crippen LogP contribution < -0.4 is 5.32 Å². The Kier molecular flexibility index (Phi) is 5.64. The average molecular weight is 338 g/mol. The average Bonchev–Trinajstić information content (AvgIpc) is 2.49. The molecule has 0 unspecified atom stereocenters. The zero-order valence-electron chi connectivity index (χ0n) is 12.2. The first kappa shape index (κ1) is 15.6. The molecule has 1 aromatic rings. The highest BCUT2D eigenvalue weighted by atomic mass is 79.9. The summed E-state index contributed by atoms with van der Waals surface area (Å²) in [4.78, 5) is 12.2. The van der Waals surface area contributed by atoms with Crippen molar-refractivity contribution in [1.82, 2.24) is 5.32 Å². The maximum atomic E-state index is 12.2. The number of carbonyl (C=O) groups excluding carboxylic acids is 1. The molecule has 1 aliphatic carbocycles. The quantitative estimate of drug-likeness (QED) is 0.806. The summed E-state index contributed by atoms with van der Waals surface area (Å²) in [7, 11) is 0. The Morgan fingerprint density at radius 2 is 1.95 bits per heavy atom. The fourth-order valence-electron chi connectivity index (χ4n) is 2.87. The Morgan fingerprint density at radius 3 is 2.55 bits per heavy atom. The third-order valence-corrected chi connectivity index (χ3v) is 5.45. The maximum absolute atomic E-state index is 12.2. The van der Waals surface area contributed by atoms with E-state index in [-0.39, 0.29) is 11.4 Å². The lowest BCUT2D eigenvalue weighted by atomic mass is 9.78. The molecule has 20 heavy (non-hydrogen) atoms. The van der Waals surface area contributed by atoms with Gasteiger partial charge in [0.05, 0.1) is 0 Å². The summed E-state index contributed by atoms with van der Waals surface area (Å²) in [5.41, 5.74) is 1.22. The third kappa shape index (κ3) is 4.34. The monoisotopic (exact) mass is 337 g/mol. The predicted octanol–water partition coefficient (Wildman–Crippen LogP) is 4.08. The minimum Gasteiger partial charge on any atom is -0.350 e. The molecule has 0 bridgehead atoms. The molecule has 0 aliphatic heterocycles. The molecule has 0 spiro atoms. The normalized spacial score (nSPS) is 26.2. The van der Waals surface area contributed by atoms with Gasteiger partial charge in [0.25, 0.3) is 0 Å². The highest BCUT2D eigenvalue weighted by Crippen LogP contribution is 2.33. The highest BCUT2D eigenvalue weighted by molar-refractivity contribution is 9.09. The lowest BCUT2D eigenvalue weighted by Crippen LogP contribution is -2.52. The summed E-state index contributed by atoms with van der Waals surface area (Å²) in [6.07, 6.45) is 6.01. The molecule has 2 rings (SSSR count). The van der Waals surface area contributed by atoms with E-state index in [2.05, 4.69) is 40.3 Å². The number of aryl methyl sites for hydroxylation is 1. The minimum absolute atomic E-state index is 0.0136. The molecule has 0 radical (unpaired) electrons. The van der Waals surface area contributed by atoms with E-state index < -0.39 is 0 Å². The van der Waals surface area contributed by atoms with Crippen LogP contribution in [0.2, 0.25) is 0 Å². The Balaban J connectivity index is 1.83. The van der Waals surface area contributed by atoms with Crippen LogP contribution in [0.15, 0.2) is 30.3 Å². The molecule has 1 saturated carbocycles. The molecule has 1 N–H and O–H groups in total. The van der Waals surface area contributed by atoms with Gasteiger partial charge in [-0.25, -0.2) is 0 Å². The summed E-state index contributed by atoms with van der Waals surface area (Å²) in [6.45, 7) is 2.30. The number of amides is 1. The van der Waals surface area contributed by atoms with Crippen molar-refractivity contribution in [2.45, 2.75) is 51.0 Å². The third-order valence-electron chi connectivity index (χ3n) is 4.38. The number of carbonyl (C=O) groups is 1. The van der Waals surface area contributed by atoms with Crippen molar-refractivity contribution >= 4 is 21.8 Å². The van der Waals surface area contributed by atoms with Crippen molar-refractivity contribution < 1.29 is 4.79 Å². The Labute approximate surface area is 130 Å². The molecule has 1 aromatic carbocycles. The fraction of sp³-hybridized carbons (Fsp3) is 0.588. The molecule has 1 fully saturated rings. The van der Waals surface area contributed by atoms with Gasteiger partial charge in [-0.05, 0) is 43.6 Å². The first-order valence-electron chi connectivity index (χ1n) is 7.54. The number of alkyl halides is 1. The first-order chi connectivity index (χ1) is 9.63. The standard InChI is InChI=1S/C17H24BrNO/c1-14-9-11-17(13-18,12-10-14)19-16(20)8-7-15-5-3-2-4-6-15/h2-6,14H,7-13H2,1H3,(H,19,20). The van der Waals surface area contributed by atoms with Crippen LogP contribution in [-0.4, -0.2) is 16.8 Å². The number of halogens is 1. The van der Waals surface area contributed by atoms with Crippen molar-refractivity contribution in [3.63, 3.8) is 0 Å². The second-order valence-corrected chi connectivity index (χ2v) is 6.69. The van der Waals surface area contributed by atoms with E-state index in [0.29, 0.717) is 6.42 Å².